The van der Waals surface area contributed by atoms with Crippen molar-refractivity contribution in [3.63, 3.8) is 0 Å². The highest BCUT2D eigenvalue weighted by Gasteiger charge is 2.51. The zero-order valence-corrected chi connectivity index (χ0v) is 34.3. The van der Waals surface area contributed by atoms with Crippen LogP contribution >= 0.6 is 11.3 Å². The van der Waals surface area contributed by atoms with E-state index >= 15 is 0 Å². The Kier molecular flexibility index (Phi) is 7.69. The molecule has 2 aliphatic rings. The number of rotatable bonds is 5. The Balaban J connectivity index is 0.893. The van der Waals surface area contributed by atoms with E-state index in [1.165, 1.54) is 75.8 Å². The molecular weight excluding hydrogens is 771 g/mol. The van der Waals surface area contributed by atoms with Crippen molar-refractivity contribution in [3.8, 4) is 78.7 Å². The molecule has 4 heteroatoms. The Bertz CT molecular complexity index is 3520. The summed E-state index contributed by atoms with van der Waals surface area (Å²) in [5.74, 6) is 1.97. The summed E-state index contributed by atoms with van der Waals surface area (Å²) in [6, 6.07) is 76.8. The van der Waals surface area contributed by atoms with Crippen molar-refractivity contribution in [1.82, 2.24) is 15.0 Å². The fraction of sp³-hybridized carbons (Fsp3) is 0.0172. The van der Waals surface area contributed by atoms with Gasteiger partial charge in [0, 0.05) is 36.9 Å². The van der Waals surface area contributed by atoms with Gasteiger partial charge in [0.25, 0.3) is 0 Å². The third-order valence-electron chi connectivity index (χ3n) is 13.0. The molecule has 0 atom stereocenters. The van der Waals surface area contributed by atoms with E-state index in [0.717, 1.165) is 27.8 Å². The van der Waals surface area contributed by atoms with Gasteiger partial charge in [-0.2, -0.15) is 0 Å². The van der Waals surface area contributed by atoms with Gasteiger partial charge < -0.3 is 0 Å². The van der Waals surface area contributed by atoms with Crippen LogP contribution in [0.15, 0.2) is 212 Å². The van der Waals surface area contributed by atoms with E-state index in [9.17, 15) is 0 Å². The summed E-state index contributed by atoms with van der Waals surface area (Å²) in [5.41, 5.74) is 17.9. The van der Waals surface area contributed by atoms with Crippen molar-refractivity contribution in [2.75, 3.05) is 0 Å². The van der Waals surface area contributed by atoms with Crippen LogP contribution in [-0.4, -0.2) is 15.0 Å². The van der Waals surface area contributed by atoms with Crippen LogP contribution in [0.2, 0.25) is 0 Å². The smallest absolute Gasteiger partial charge is 0.165 e. The molecule has 0 N–H and O–H groups in total. The molecule has 11 aromatic rings. The van der Waals surface area contributed by atoms with Gasteiger partial charge in [-0.15, -0.1) is 11.3 Å². The van der Waals surface area contributed by atoms with Gasteiger partial charge in [0.05, 0.1) is 5.41 Å². The molecule has 0 amide bonds. The van der Waals surface area contributed by atoms with E-state index < -0.39 is 0 Å². The van der Waals surface area contributed by atoms with Crippen molar-refractivity contribution >= 4 is 31.5 Å². The average molecular weight is 806 g/mol. The monoisotopic (exact) mass is 805 g/mol. The average Bonchev–Trinajstić information content (AvgIpc) is 3.98. The first kappa shape index (κ1) is 35.0. The Hall–Kier alpha value is -7.79. The lowest BCUT2D eigenvalue weighted by atomic mass is 9.70. The molecule has 0 saturated heterocycles. The largest absolute Gasteiger partial charge is 0.208 e. The zero-order chi connectivity index (χ0) is 40.8. The Morgan fingerprint density at radius 2 is 0.758 bits per heavy atom. The predicted molar refractivity (Wildman–Crippen MR) is 256 cm³/mol. The van der Waals surface area contributed by atoms with Crippen LogP contribution in [0.5, 0.6) is 0 Å². The topological polar surface area (TPSA) is 38.7 Å². The molecule has 0 fully saturated rings. The summed E-state index contributed by atoms with van der Waals surface area (Å²) in [6.07, 6.45) is 0. The maximum absolute atomic E-state index is 5.19. The number of hydrogen-bond acceptors (Lipinski definition) is 4. The SMILES string of the molecule is c1ccc(-c2nc(-c3cccc(-c4ccc(-c5ccc6c(c5)C5(c7ccccc7-c7ccccc75)c5ccccc5-6)cc4)c3)nc(-c3cccc4c3sc3ccccc34)n2)cc1. The summed E-state index contributed by atoms with van der Waals surface area (Å²) in [4.78, 5) is 15.4. The minimum absolute atomic E-state index is 0.366. The summed E-state index contributed by atoms with van der Waals surface area (Å²) in [6.45, 7) is 0. The van der Waals surface area contributed by atoms with Crippen molar-refractivity contribution in [2.45, 2.75) is 5.41 Å². The fourth-order valence-corrected chi connectivity index (χ4v) is 11.4. The van der Waals surface area contributed by atoms with Gasteiger partial charge in [0.2, 0.25) is 0 Å². The molecule has 288 valence electrons. The van der Waals surface area contributed by atoms with Crippen LogP contribution < -0.4 is 0 Å². The standard InChI is InChI=1S/C58H35N3S/c1-2-14-38(15-3-1)55-59-56(61-57(60-55)48-23-13-22-47-46-21-7-11-27-53(46)62-54(47)48)41-17-12-16-39(34-41)36-28-30-37(31-29-36)40-32-33-45-44-20-6-10-26-51(44)58(52(45)35-40)49-24-8-4-18-42(49)43-19-5-9-25-50(43)58/h1-35H. The molecule has 0 bridgehead atoms. The molecule has 0 unspecified atom stereocenters. The molecule has 2 aliphatic carbocycles. The molecule has 13 rings (SSSR count). The zero-order valence-electron chi connectivity index (χ0n) is 33.5. The summed E-state index contributed by atoms with van der Waals surface area (Å²) in [5, 5.41) is 2.47. The second kappa shape index (κ2) is 13.6. The lowest BCUT2D eigenvalue weighted by Gasteiger charge is -2.30. The van der Waals surface area contributed by atoms with E-state index in [2.05, 4.69) is 194 Å². The van der Waals surface area contributed by atoms with Crippen LogP contribution in [-0.2, 0) is 5.41 Å². The Morgan fingerprint density at radius 3 is 1.45 bits per heavy atom. The number of hydrogen-bond donors (Lipinski definition) is 0. The van der Waals surface area contributed by atoms with Gasteiger partial charge >= 0.3 is 0 Å². The quantitative estimate of drug-likeness (QED) is 0.174. The highest BCUT2D eigenvalue weighted by molar-refractivity contribution is 7.26. The van der Waals surface area contributed by atoms with Crippen LogP contribution in [0.1, 0.15) is 22.3 Å². The molecule has 62 heavy (non-hydrogen) atoms. The van der Waals surface area contributed by atoms with Gasteiger partial charge in [-0.1, -0.05) is 188 Å². The first-order chi connectivity index (χ1) is 30.7. The first-order valence-electron chi connectivity index (χ1n) is 21.1. The van der Waals surface area contributed by atoms with Crippen LogP contribution in [0, 0.1) is 0 Å². The number of benzene rings is 9. The summed E-state index contributed by atoms with van der Waals surface area (Å²) in [7, 11) is 0. The minimum atomic E-state index is -0.366. The molecule has 3 nitrogen and oxygen atoms in total. The van der Waals surface area contributed by atoms with Gasteiger partial charge in [0.1, 0.15) is 0 Å². The molecule has 2 heterocycles. The maximum atomic E-state index is 5.19. The van der Waals surface area contributed by atoms with Crippen LogP contribution in [0.4, 0.5) is 0 Å². The fourth-order valence-electron chi connectivity index (χ4n) is 10.2. The minimum Gasteiger partial charge on any atom is -0.208 e. The van der Waals surface area contributed by atoms with Crippen molar-refractivity contribution in [2.24, 2.45) is 0 Å². The van der Waals surface area contributed by atoms with Crippen molar-refractivity contribution in [3.05, 3.63) is 235 Å². The highest BCUT2D eigenvalue weighted by atomic mass is 32.1. The van der Waals surface area contributed by atoms with Gasteiger partial charge in [0.15, 0.2) is 17.5 Å². The molecule has 0 aliphatic heterocycles. The van der Waals surface area contributed by atoms with Gasteiger partial charge in [-0.05, 0) is 91.0 Å². The van der Waals surface area contributed by atoms with E-state index in [1.54, 1.807) is 11.3 Å². The highest BCUT2D eigenvalue weighted by Crippen LogP contribution is 2.63. The lowest BCUT2D eigenvalue weighted by molar-refractivity contribution is 0.794. The van der Waals surface area contributed by atoms with E-state index in [1.807, 2.05) is 18.2 Å². The second-order valence-electron chi connectivity index (χ2n) is 16.3. The first-order valence-corrected chi connectivity index (χ1v) is 21.9. The van der Waals surface area contributed by atoms with Crippen LogP contribution in [0.25, 0.3) is 98.8 Å². The second-order valence-corrected chi connectivity index (χ2v) is 17.3. The lowest BCUT2D eigenvalue weighted by Crippen LogP contribution is -2.25. The Labute approximate surface area is 363 Å². The number of aromatic nitrogens is 3. The molecule has 9 aromatic carbocycles. The van der Waals surface area contributed by atoms with Crippen molar-refractivity contribution < 1.29 is 0 Å². The van der Waals surface area contributed by atoms with Crippen molar-refractivity contribution in [1.29, 1.82) is 0 Å². The van der Waals surface area contributed by atoms with E-state index in [0.29, 0.717) is 17.5 Å². The number of nitrogens with zero attached hydrogens (tertiary/aromatic N) is 3. The molecule has 0 saturated carbocycles. The van der Waals surface area contributed by atoms with Gasteiger partial charge in [-0.3, -0.25) is 0 Å². The Morgan fingerprint density at radius 1 is 0.290 bits per heavy atom. The molecule has 2 aromatic heterocycles. The van der Waals surface area contributed by atoms with Crippen LogP contribution in [0.3, 0.4) is 0 Å². The normalized spacial score (nSPS) is 13.0. The number of fused-ring (bicyclic) bond motifs is 13. The van der Waals surface area contributed by atoms with Gasteiger partial charge in [-0.25, -0.2) is 15.0 Å². The summed E-state index contributed by atoms with van der Waals surface area (Å²) >= 11 is 1.79. The van der Waals surface area contributed by atoms with E-state index in [4.69, 9.17) is 15.0 Å². The molecule has 0 radical (unpaired) electrons. The number of thiophene rings is 1. The van der Waals surface area contributed by atoms with E-state index in [-0.39, 0.29) is 5.41 Å². The molecule has 1 spiro atoms. The maximum Gasteiger partial charge on any atom is 0.165 e. The summed E-state index contributed by atoms with van der Waals surface area (Å²) < 4.78 is 2.43. The third kappa shape index (κ3) is 5.14. The predicted octanol–water partition coefficient (Wildman–Crippen LogP) is 14.9. The molecular formula is C58H35N3S. The third-order valence-corrected chi connectivity index (χ3v) is 14.2.